The molecule has 2 aromatic rings. The van der Waals surface area contributed by atoms with E-state index in [1.807, 2.05) is 0 Å². The molecule has 1 aromatic carbocycles. The van der Waals surface area contributed by atoms with Crippen LogP contribution in [0.15, 0.2) is 28.7 Å². The number of fused-ring (bicyclic) bond motifs is 6. The van der Waals surface area contributed by atoms with Crippen molar-refractivity contribution >= 4 is 46.2 Å². The summed E-state index contributed by atoms with van der Waals surface area (Å²) >= 11 is 0. The lowest BCUT2D eigenvalue weighted by molar-refractivity contribution is -0.256. The molecule has 6 aliphatic rings. The minimum absolute atomic E-state index is 0.0341. The van der Waals surface area contributed by atoms with Gasteiger partial charge in [0.15, 0.2) is 29.6 Å². The van der Waals surface area contributed by atoms with E-state index in [4.69, 9.17) is 23.7 Å². The van der Waals surface area contributed by atoms with Crippen molar-refractivity contribution in [1.29, 1.82) is 0 Å². The van der Waals surface area contributed by atoms with Crippen LogP contribution in [-0.4, -0.2) is 124 Å². The maximum atomic E-state index is 18.0. The summed E-state index contributed by atoms with van der Waals surface area (Å²) in [5.41, 5.74) is -8.16. The van der Waals surface area contributed by atoms with E-state index in [0.717, 1.165) is 6.07 Å². The Morgan fingerprint density at radius 2 is 1.70 bits per heavy atom. The molecule has 1 aliphatic heterocycles. The standard InChI is InChI=1S/C49H63F2N3O13/c1-25-22-52(16-17-53(25)44(62)66-27(3)65-26(2)55)40-35(50)19-31-39(42(40)63-9)54(29-11-12-29)23-32(41(31)60)43(61)64-24-38(59)49(67-45(4,5)6)36(57)20-34-33-13-10-28-18-30(56)14-15-46(28,7)48(33,51)37(58)21-47(34,49)8/h18-19,23,25,27,29,33-34,36-37,57-58H,10-17,20-22,24H2,1-9H3/t25?,27?,33-,34-,36+,37-,46-,47-,48-,49-/m0/s1. The highest BCUT2D eigenvalue weighted by atomic mass is 19.1. The molecule has 8 rings (SSSR count). The normalized spacial score (nSPS) is 33.2. The number of methoxy groups -OCH3 is 1. The van der Waals surface area contributed by atoms with Crippen LogP contribution in [0, 0.1) is 28.5 Å². The number of halogens is 2. The molecular formula is C49H63F2N3O13. The van der Waals surface area contributed by atoms with E-state index in [9.17, 15) is 39.0 Å². The monoisotopic (exact) mass is 939 g/mol. The number of ether oxygens (including phenoxy) is 5. The first-order valence-corrected chi connectivity index (χ1v) is 23.4. The number of carbonyl (C=O) groups excluding carboxylic acids is 5. The largest absolute Gasteiger partial charge is 0.492 e. The van der Waals surface area contributed by atoms with E-state index in [0.29, 0.717) is 24.8 Å². The van der Waals surface area contributed by atoms with Crippen LogP contribution in [0.25, 0.3) is 10.9 Å². The molecule has 0 radical (unpaired) electrons. The Bertz CT molecular complexity index is 2500. The summed E-state index contributed by atoms with van der Waals surface area (Å²) in [5, 5.41) is 24.0. The number of hydrogen-bond acceptors (Lipinski definition) is 14. The fourth-order valence-corrected chi connectivity index (χ4v) is 12.7. The molecular weight excluding hydrogens is 877 g/mol. The molecule has 2 N–H and O–H groups in total. The van der Waals surface area contributed by atoms with Crippen molar-refractivity contribution in [1.82, 2.24) is 9.47 Å². The number of nitrogens with zero attached hydrogens (tertiary/aromatic N) is 3. The fraction of sp³-hybridized carbons (Fsp3) is 0.673. The Labute approximate surface area is 387 Å². The van der Waals surface area contributed by atoms with Gasteiger partial charge in [0.1, 0.15) is 16.9 Å². The van der Waals surface area contributed by atoms with Gasteiger partial charge in [0, 0.05) is 74.9 Å². The number of hydrogen-bond donors (Lipinski definition) is 2. The van der Waals surface area contributed by atoms with Crippen molar-refractivity contribution in [3.05, 3.63) is 45.5 Å². The Kier molecular flexibility index (Phi) is 12.3. The van der Waals surface area contributed by atoms with Gasteiger partial charge in [-0.2, -0.15) is 0 Å². The van der Waals surface area contributed by atoms with E-state index < -0.39 is 111 Å². The minimum Gasteiger partial charge on any atom is -0.492 e. The summed E-state index contributed by atoms with van der Waals surface area (Å²) in [6.45, 7) is 12.4. The van der Waals surface area contributed by atoms with E-state index in [-0.39, 0.29) is 85.9 Å². The first-order valence-electron chi connectivity index (χ1n) is 23.4. The molecule has 67 heavy (non-hydrogen) atoms. The van der Waals surface area contributed by atoms with Crippen LogP contribution in [0.2, 0.25) is 0 Å². The predicted molar refractivity (Wildman–Crippen MR) is 238 cm³/mol. The average molecular weight is 940 g/mol. The molecule has 0 spiro atoms. The molecule has 10 atom stereocenters. The summed E-state index contributed by atoms with van der Waals surface area (Å²) in [6, 6.07) is 0.360. The van der Waals surface area contributed by atoms with Crippen LogP contribution < -0.4 is 15.1 Å². The van der Waals surface area contributed by atoms with E-state index in [1.54, 1.807) is 51.0 Å². The Morgan fingerprint density at radius 1 is 1.00 bits per heavy atom. The molecule has 2 unspecified atom stereocenters. The van der Waals surface area contributed by atoms with Crippen molar-refractivity contribution in [3.8, 4) is 5.75 Å². The number of aromatic nitrogens is 1. The van der Waals surface area contributed by atoms with Gasteiger partial charge in [-0.25, -0.2) is 18.4 Å². The van der Waals surface area contributed by atoms with Gasteiger partial charge < -0.3 is 48.3 Å². The maximum absolute atomic E-state index is 18.0. The van der Waals surface area contributed by atoms with Crippen LogP contribution in [0.4, 0.5) is 19.3 Å². The second-order valence-corrected chi connectivity index (χ2v) is 21.0. The molecule has 1 amide bonds. The zero-order valence-corrected chi connectivity index (χ0v) is 39.7. The molecule has 4 saturated carbocycles. The number of alkyl halides is 1. The van der Waals surface area contributed by atoms with Crippen molar-refractivity contribution in [3.63, 3.8) is 0 Å². The molecule has 366 valence electrons. The van der Waals surface area contributed by atoms with Crippen molar-refractivity contribution in [2.45, 2.75) is 154 Å². The smallest absolute Gasteiger partial charge is 0.413 e. The maximum Gasteiger partial charge on any atom is 0.413 e. The number of pyridine rings is 1. The van der Waals surface area contributed by atoms with Gasteiger partial charge in [0.25, 0.3) is 0 Å². The third-order valence-corrected chi connectivity index (χ3v) is 15.8. The van der Waals surface area contributed by atoms with Crippen LogP contribution in [0.3, 0.4) is 0 Å². The van der Waals surface area contributed by atoms with Gasteiger partial charge in [-0.15, -0.1) is 0 Å². The topological polar surface area (TPSA) is 200 Å². The molecule has 1 saturated heterocycles. The number of aliphatic hydroxyl groups is 2. The second kappa shape index (κ2) is 16.9. The number of allylic oxidation sites excluding steroid dienone is 1. The Morgan fingerprint density at radius 3 is 2.33 bits per heavy atom. The lowest BCUT2D eigenvalue weighted by atomic mass is 9.43. The first kappa shape index (κ1) is 48.5. The fourth-order valence-electron chi connectivity index (χ4n) is 12.7. The van der Waals surface area contributed by atoms with Gasteiger partial charge in [0.05, 0.1) is 35.8 Å². The molecule has 0 bridgehead atoms. The molecule has 1 aromatic heterocycles. The van der Waals surface area contributed by atoms with Gasteiger partial charge >= 0.3 is 18.0 Å². The Hall–Kier alpha value is -4.94. The van der Waals surface area contributed by atoms with Crippen molar-refractivity contribution < 1.29 is 66.7 Å². The first-order chi connectivity index (χ1) is 31.3. The predicted octanol–water partition coefficient (Wildman–Crippen LogP) is 5.89. The summed E-state index contributed by atoms with van der Waals surface area (Å²) in [4.78, 5) is 83.2. The lowest BCUT2D eigenvalue weighted by Crippen LogP contribution is -2.71. The lowest BCUT2D eigenvalue weighted by Gasteiger charge is -2.64. The molecule has 18 heteroatoms. The molecule has 5 aliphatic carbocycles. The summed E-state index contributed by atoms with van der Waals surface area (Å²) in [5.74, 6) is -4.91. The summed E-state index contributed by atoms with van der Waals surface area (Å²) < 4.78 is 64.5. The van der Waals surface area contributed by atoms with Gasteiger partial charge in [0.2, 0.25) is 17.5 Å². The van der Waals surface area contributed by atoms with Crippen LogP contribution in [0.5, 0.6) is 5.75 Å². The number of rotatable bonds is 10. The summed E-state index contributed by atoms with van der Waals surface area (Å²) in [7, 11) is 1.35. The number of anilines is 1. The van der Waals surface area contributed by atoms with Crippen molar-refractivity contribution in [2.24, 2.45) is 22.7 Å². The third-order valence-electron chi connectivity index (χ3n) is 15.8. The van der Waals surface area contributed by atoms with Gasteiger partial charge in [-0.3, -0.25) is 19.2 Å². The number of aliphatic hydroxyl groups excluding tert-OH is 2. The molecule has 16 nitrogen and oxygen atoms in total. The minimum atomic E-state index is -2.16. The van der Waals surface area contributed by atoms with E-state index in [1.165, 1.54) is 38.1 Å². The van der Waals surface area contributed by atoms with Gasteiger partial charge in [-0.05, 0) is 90.7 Å². The van der Waals surface area contributed by atoms with Crippen LogP contribution in [-0.2, 0) is 33.3 Å². The second-order valence-electron chi connectivity index (χ2n) is 21.0. The highest BCUT2D eigenvalue weighted by Gasteiger charge is 2.77. The number of benzene rings is 1. The third kappa shape index (κ3) is 7.72. The highest BCUT2D eigenvalue weighted by Crippen LogP contribution is 2.71. The zero-order valence-electron chi connectivity index (χ0n) is 39.7. The van der Waals surface area contributed by atoms with Gasteiger partial charge in [-0.1, -0.05) is 19.4 Å². The summed E-state index contributed by atoms with van der Waals surface area (Å²) in [6.07, 6.45) is 0.0413. The number of esters is 2. The SMILES string of the molecule is COc1c(N2CCN(C(=O)OC(C)OC(C)=O)C(C)C2)c(F)cc2c(=O)c(C(=O)OCC(=O)[C@@]3(OC(C)(C)C)[C@H](O)C[C@H]4[C@@H]5CCC6=CC(=O)CC[C@]6(C)[C@@]5(F)[C@@H](O)C[C@@]43C)cn(C3CC3)c12. The average Bonchev–Trinajstić information content (AvgIpc) is 4.06. The van der Waals surface area contributed by atoms with E-state index >= 15 is 8.78 Å². The van der Waals surface area contributed by atoms with Crippen molar-refractivity contribution in [2.75, 3.05) is 38.3 Å². The zero-order chi connectivity index (χ0) is 48.9. The number of amides is 1. The quantitative estimate of drug-likeness (QED) is 0.211. The molecule has 5 fully saturated rings. The highest BCUT2D eigenvalue weighted by molar-refractivity contribution is 5.99. The number of ketones is 2. The molecule has 2 heterocycles. The number of carbonyl (C=O) groups is 5. The number of piperazine rings is 1. The van der Waals surface area contributed by atoms with Crippen LogP contribution in [0.1, 0.15) is 123 Å². The van der Waals surface area contributed by atoms with E-state index in [2.05, 4.69) is 0 Å². The Balaban J connectivity index is 1.08. The number of Topliss-reactive ketones (excluding diaryl/α,β-unsaturated/α-hetero) is 1. The van der Waals surface area contributed by atoms with Crippen LogP contribution >= 0.6 is 0 Å².